The molecule has 1 aromatic carbocycles. The standard InChI is InChI=1S/C17H17FN2S/c1-11(13-4-3-5-15(18)8-13)20-12(2)14-9-17-16(19-10-14)6-7-21-17/h3-12,20H,1-2H3/t11-,12?/m0/s1. The molecule has 4 heteroatoms. The highest BCUT2D eigenvalue weighted by molar-refractivity contribution is 7.17. The zero-order valence-corrected chi connectivity index (χ0v) is 12.8. The van der Waals surface area contributed by atoms with Crippen LogP contribution in [0.15, 0.2) is 48.0 Å². The monoisotopic (exact) mass is 300 g/mol. The average Bonchev–Trinajstić information content (AvgIpc) is 2.94. The van der Waals surface area contributed by atoms with Crippen LogP contribution in [-0.2, 0) is 0 Å². The van der Waals surface area contributed by atoms with Crippen LogP contribution in [-0.4, -0.2) is 4.98 Å². The smallest absolute Gasteiger partial charge is 0.123 e. The van der Waals surface area contributed by atoms with Crippen molar-refractivity contribution in [1.29, 1.82) is 0 Å². The van der Waals surface area contributed by atoms with Crippen molar-refractivity contribution in [3.63, 3.8) is 0 Å². The van der Waals surface area contributed by atoms with E-state index in [1.54, 1.807) is 23.5 Å². The lowest BCUT2D eigenvalue weighted by Gasteiger charge is -2.20. The maximum atomic E-state index is 13.3. The number of hydrogen-bond donors (Lipinski definition) is 1. The third-order valence-corrected chi connectivity index (χ3v) is 4.53. The Bertz CT molecular complexity index is 753. The highest BCUT2D eigenvalue weighted by atomic mass is 32.1. The lowest BCUT2D eigenvalue weighted by Crippen LogP contribution is -2.22. The van der Waals surface area contributed by atoms with Gasteiger partial charge in [0.05, 0.1) is 10.2 Å². The van der Waals surface area contributed by atoms with Gasteiger partial charge in [-0.15, -0.1) is 11.3 Å². The van der Waals surface area contributed by atoms with E-state index in [0.29, 0.717) is 0 Å². The van der Waals surface area contributed by atoms with Crippen molar-refractivity contribution in [3.05, 3.63) is 64.9 Å². The zero-order chi connectivity index (χ0) is 14.8. The van der Waals surface area contributed by atoms with Gasteiger partial charge in [0.25, 0.3) is 0 Å². The molecule has 3 aromatic rings. The van der Waals surface area contributed by atoms with Crippen LogP contribution >= 0.6 is 11.3 Å². The third-order valence-electron chi connectivity index (χ3n) is 3.67. The predicted molar refractivity (Wildman–Crippen MR) is 86.0 cm³/mol. The minimum absolute atomic E-state index is 0.0785. The normalized spacial score (nSPS) is 14.2. The van der Waals surface area contributed by atoms with E-state index < -0.39 is 0 Å². The van der Waals surface area contributed by atoms with E-state index in [1.165, 1.54) is 10.8 Å². The Balaban J connectivity index is 1.77. The van der Waals surface area contributed by atoms with Gasteiger partial charge in [-0.2, -0.15) is 0 Å². The molecule has 2 atom stereocenters. The highest BCUT2D eigenvalue weighted by Crippen LogP contribution is 2.24. The largest absolute Gasteiger partial charge is 0.304 e. The quantitative estimate of drug-likeness (QED) is 0.745. The number of halogens is 1. The van der Waals surface area contributed by atoms with Crippen molar-refractivity contribution in [3.8, 4) is 0 Å². The van der Waals surface area contributed by atoms with Crippen LogP contribution in [0.5, 0.6) is 0 Å². The minimum Gasteiger partial charge on any atom is -0.304 e. The Hall–Kier alpha value is -1.78. The van der Waals surface area contributed by atoms with E-state index >= 15 is 0 Å². The summed E-state index contributed by atoms with van der Waals surface area (Å²) in [6.45, 7) is 4.15. The summed E-state index contributed by atoms with van der Waals surface area (Å²) in [7, 11) is 0. The van der Waals surface area contributed by atoms with E-state index in [0.717, 1.165) is 16.6 Å². The van der Waals surface area contributed by atoms with Gasteiger partial charge >= 0.3 is 0 Å². The molecular formula is C17H17FN2S. The molecule has 0 spiro atoms. The molecule has 0 bridgehead atoms. The molecule has 1 unspecified atom stereocenters. The summed E-state index contributed by atoms with van der Waals surface area (Å²) in [5.41, 5.74) is 3.13. The first-order chi connectivity index (χ1) is 10.1. The first kappa shape index (κ1) is 14.2. The Morgan fingerprint density at radius 2 is 1.90 bits per heavy atom. The summed E-state index contributed by atoms with van der Waals surface area (Å²) >= 11 is 1.70. The Morgan fingerprint density at radius 1 is 1.10 bits per heavy atom. The Morgan fingerprint density at radius 3 is 2.71 bits per heavy atom. The Labute approximate surface area is 127 Å². The van der Waals surface area contributed by atoms with Gasteiger partial charge in [0.15, 0.2) is 0 Å². The van der Waals surface area contributed by atoms with Crippen LogP contribution in [0.1, 0.15) is 37.1 Å². The summed E-state index contributed by atoms with van der Waals surface area (Å²) in [6, 6.07) is 11.2. The topological polar surface area (TPSA) is 24.9 Å². The van der Waals surface area contributed by atoms with Crippen LogP contribution in [0.3, 0.4) is 0 Å². The number of thiophene rings is 1. The molecule has 0 fully saturated rings. The number of hydrogen-bond acceptors (Lipinski definition) is 3. The number of aromatic nitrogens is 1. The Kier molecular flexibility index (Phi) is 3.99. The maximum Gasteiger partial charge on any atom is 0.123 e. The van der Waals surface area contributed by atoms with Gasteiger partial charge in [-0.1, -0.05) is 12.1 Å². The summed E-state index contributed by atoms with van der Waals surface area (Å²) in [5.74, 6) is -0.199. The molecule has 108 valence electrons. The van der Waals surface area contributed by atoms with Gasteiger partial charge in [-0.05, 0) is 54.6 Å². The molecule has 3 rings (SSSR count). The first-order valence-electron chi connectivity index (χ1n) is 6.98. The van der Waals surface area contributed by atoms with Crippen molar-refractivity contribution in [2.45, 2.75) is 25.9 Å². The first-order valence-corrected chi connectivity index (χ1v) is 7.86. The van der Waals surface area contributed by atoms with Gasteiger partial charge in [0.1, 0.15) is 5.82 Å². The summed E-state index contributed by atoms with van der Waals surface area (Å²) < 4.78 is 14.5. The molecule has 0 aliphatic carbocycles. The predicted octanol–water partition coefficient (Wildman–Crippen LogP) is 4.85. The number of nitrogens with one attached hydrogen (secondary N) is 1. The van der Waals surface area contributed by atoms with E-state index in [1.807, 2.05) is 25.3 Å². The van der Waals surface area contributed by atoms with Gasteiger partial charge < -0.3 is 5.32 Å². The summed E-state index contributed by atoms with van der Waals surface area (Å²) in [5, 5.41) is 5.54. The fraction of sp³-hybridized carbons (Fsp3) is 0.235. The average molecular weight is 300 g/mol. The lowest BCUT2D eigenvalue weighted by molar-refractivity contribution is 0.491. The second-order valence-corrected chi connectivity index (χ2v) is 6.19. The zero-order valence-electron chi connectivity index (χ0n) is 12.0. The molecule has 2 aromatic heterocycles. The minimum atomic E-state index is -0.199. The van der Waals surface area contributed by atoms with E-state index in [2.05, 4.69) is 28.7 Å². The van der Waals surface area contributed by atoms with Crippen LogP contribution in [0.4, 0.5) is 4.39 Å². The summed E-state index contributed by atoms with van der Waals surface area (Å²) in [6.07, 6.45) is 1.91. The van der Waals surface area contributed by atoms with Crippen molar-refractivity contribution in [2.24, 2.45) is 0 Å². The fourth-order valence-electron chi connectivity index (χ4n) is 2.44. The number of benzene rings is 1. The summed E-state index contributed by atoms with van der Waals surface area (Å²) in [4.78, 5) is 4.47. The SMILES string of the molecule is CC(N[C@@H](C)c1cccc(F)c1)c1cnc2ccsc2c1. The number of pyridine rings is 1. The van der Waals surface area contributed by atoms with E-state index in [-0.39, 0.29) is 17.9 Å². The molecule has 1 N–H and O–H groups in total. The maximum absolute atomic E-state index is 13.3. The van der Waals surface area contributed by atoms with Gasteiger partial charge in [0, 0.05) is 18.3 Å². The van der Waals surface area contributed by atoms with Crippen molar-refractivity contribution in [1.82, 2.24) is 10.3 Å². The van der Waals surface area contributed by atoms with Gasteiger partial charge in [-0.25, -0.2) is 4.39 Å². The lowest BCUT2D eigenvalue weighted by atomic mass is 10.1. The third kappa shape index (κ3) is 3.12. The van der Waals surface area contributed by atoms with Crippen LogP contribution in [0.2, 0.25) is 0 Å². The number of fused-ring (bicyclic) bond motifs is 1. The number of nitrogens with zero attached hydrogens (tertiary/aromatic N) is 1. The molecule has 2 nitrogen and oxygen atoms in total. The van der Waals surface area contributed by atoms with Crippen LogP contribution in [0, 0.1) is 5.82 Å². The van der Waals surface area contributed by atoms with Gasteiger partial charge in [-0.3, -0.25) is 4.98 Å². The van der Waals surface area contributed by atoms with Crippen molar-refractivity contribution in [2.75, 3.05) is 0 Å². The molecule has 0 radical (unpaired) electrons. The molecule has 21 heavy (non-hydrogen) atoms. The fourth-order valence-corrected chi connectivity index (χ4v) is 3.23. The second-order valence-electron chi connectivity index (χ2n) is 5.24. The number of rotatable bonds is 4. The van der Waals surface area contributed by atoms with Gasteiger partial charge in [0.2, 0.25) is 0 Å². The van der Waals surface area contributed by atoms with E-state index in [4.69, 9.17) is 0 Å². The molecule has 0 saturated heterocycles. The van der Waals surface area contributed by atoms with Crippen molar-refractivity contribution >= 4 is 21.6 Å². The van der Waals surface area contributed by atoms with Crippen molar-refractivity contribution < 1.29 is 4.39 Å². The molecule has 2 heterocycles. The molecule has 0 saturated carbocycles. The second kappa shape index (κ2) is 5.92. The highest BCUT2D eigenvalue weighted by Gasteiger charge is 2.12. The molecule has 0 amide bonds. The van der Waals surface area contributed by atoms with Crippen LogP contribution in [0.25, 0.3) is 10.2 Å². The van der Waals surface area contributed by atoms with E-state index in [9.17, 15) is 4.39 Å². The molecule has 0 aliphatic heterocycles. The van der Waals surface area contributed by atoms with Crippen LogP contribution < -0.4 is 5.32 Å². The molecular weight excluding hydrogens is 283 g/mol. The molecule has 0 aliphatic rings.